The minimum atomic E-state index is 0.367. The second-order valence-electron chi connectivity index (χ2n) is 14.2. The van der Waals surface area contributed by atoms with Gasteiger partial charge in [0.15, 0.2) is 0 Å². The number of benzene rings is 6. The van der Waals surface area contributed by atoms with E-state index < -0.39 is 0 Å². The van der Waals surface area contributed by atoms with Gasteiger partial charge in [0.2, 0.25) is 0 Å². The zero-order valence-electron chi connectivity index (χ0n) is 31.2. The first-order valence-electron chi connectivity index (χ1n) is 18.6. The summed E-state index contributed by atoms with van der Waals surface area (Å²) in [5.41, 5.74) is 17.1. The molecule has 53 heavy (non-hydrogen) atoms. The number of allylic oxidation sites excluding steroid dienone is 6. The molecule has 0 aromatic heterocycles. The lowest BCUT2D eigenvalue weighted by Crippen LogP contribution is -2.10. The normalized spacial score (nSPS) is 14.5. The zero-order chi connectivity index (χ0) is 36.6. The van der Waals surface area contributed by atoms with Gasteiger partial charge in [-0.05, 0) is 133 Å². The maximum atomic E-state index is 2.39. The van der Waals surface area contributed by atoms with Crippen molar-refractivity contribution < 1.29 is 0 Å². The molecule has 0 saturated heterocycles. The average Bonchev–Trinajstić information content (AvgIpc) is 3.17. The van der Waals surface area contributed by atoms with E-state index in [1.807, 2.05) is 0 Å². The molecule has 6 aromatic rings. The third-order valence-corrected chi connectivity index (χ3v) is 9.74. The number of rotatable bonds is 10. The zero-order valence-corrected chi connectivity index (χ0v) is 31.2. The van der Waals surface area contributed by atoms with Crippen LogP contribution in [0.2, 0.25) is 0 Å². The van der Waals surface area contributed by atoms with Crippen molar-refractivity contribution in [3.8, 4) is 0 Å². The highest BCUT2D eigenvalue weighted by Gasteiger charge is 2.14. The molecule has 0 spiro atoms. The van der Waals surface area contributed by atoms with Crippen LogP contribution in [0.5, 0.6) is 0 Å². The molecule has 1 nitrogen and oxygen atoms in total. The van der Waals surface area contributed by atoms with E-state index in [1.54, 1.807) is 0 Å². The van der Waals surface area contributed by atoms with Gasteiger partial charge in [-0.25, -0.2) is 0 Å². The lowest BCUT2D eigenvalue weighted by Gasteiger charge is -2.26. The Balaban J connectivity index is 1.00. The molecule has 1 aliphatic rings. The average molecular weight is 686 g/mol. The molecule has 0 aliphatic heterocycles. The van der Waals surface area contributed by atoms with Crippen molar-refractivity contribution in [1.82, 2.24) is 0 Å². The molecule has 0 fully saturated rings. The standard InChI is InChI=1S/C52H47N/c1-38-9-5-13-46(33-38)37-52(48-14-6-10-39(2)34-48)47-29-25-44(26-30-47)23-21-42-17-19-43(20-18-42)22-24-45-27-31-49(32-28-45)53(50-15-7-11-40(3)35-50)51-16-8-12-41(4)36-51/h5-25,27-37,44H,26H2,1-4H3. The summed E-state index contributed by atoms with van der Waals surface area (Å²) < 4.78 is 0. The predicted octanol–water partition coefficient (Wildman–Crippen LogP) is 14.3. The fourth-order valence-corrected chi connectivity index (χ4v) is 6.91. The van der Waals surface area contributed by atoms with E-state index in [2.05, 4.69) is 227 Å². The summed E-state index contributed by atoms with van der Waals surface area (Å²) in [6.45, 7) is 8.60. The monoisotopic (exact) mass is 685 g/mol. The molecule has 0 heterocycles. The van der Waals surface area contributed by atoms with Crippen LogP contribution in [-0.4, -0.2) is 0 Å². The number of nitrogens with zero attached hydrogens (tertiary/aromatic N) is 1. The Kier molecular flexibility index (Phi) is 10.9. The molecular formula is C52H47N. The van der Waals surface area contributed by atoms with Crippen molar-refractivity contribution in [3.63, 3.8) is 0 Å². The predicted molar refractivity (Wildman–Crippen MR) is 231 cm³/mol. The van der Waals surface area contributed by atoms with Crippen LogP contribution in [0.4, 0.5) is 17.1 Å². The number of anilines is 3. The number of aryl methyl sites for hydroxylation is 4. The van der Waals surface area contributed by atoms with Crippen LogP contribution in [0, 0.1) is 33.6 Å². The summed E-state index contributed by atoms with van der Waals surface area (Å²) in [6.07, 6.45) is 19.3. The largest absolute Gasteiger partial charge is 0.310 e. The molecule has 6 aromatic carbocycles. The van der Waals surface area contributed by atoms with E-state index in [0.717, 1.165) is 23.5 Å². The first-order chi connectivity index (χ1) is 25.9. The van der Waals surface area contributed by atoms with Gasteiger partial charge >= 0.3 is 0 Å². The van der Waals surface area contributed by atoms with E-state index in [-0.39, 0.29) is 0 Å². The fraction of sp³-hybridized carbons (Fsp3) is 0.115. The molecule has 0 bridgehead atoms. The van der Waals surface area contributed by atoms with Gasteiger partial charge in [0.25, 0.3) is 0 Å². The van der Waals surface area contributed by atoms with Gasteiger partial charge < -0.3 is 4.90 Å². The topological polar surface area (TPSA) is 3.24 Å². The Bertz CT molecular complexity index is 2300. The van der Waals surface area contributed by atoms with Gasteiger partial charge in [-0.1, -0.05) is 163 Å². The summed E-state index contributed by atoms with van der Waals surface area (Å²) in [5.74, 6) is 0.367. The van der Waals surface area contributed by atoms with Crippen LogP contribution >= 0.6 is 0 Å². The van der Waals surface area contributed by atoms with Crippen molar-refractivity contribution in [2.75, 3.05) is 4.90 Å². The minimum absolute atomic E-state index is 0.367. The van der Waals surface area contributed by atoms with Crippen LogP contribution < -0.4 is 4.90 Å². The van der Waals surface area contributed by atoms with Gasteiger partial charge in [-0.2, -0.15) is 0 Å². The lowest BCUT2D eigenvalue weighted by molar-refractivity contribution is 0.822. The van der Waals surface area contributed by atoms with Crippen LogP contribution in [0.1, 0.15) is 56.5 Å². The maximum Gasteiger partial charge on any atom is 0.0464 e. The molecule has 1 heteroatoms. The third-order valence-electron chi connectivity index (χ3n) is 9.74. The first kappa shape index (κ1) is 35.2. The molecule has 0 amide bonds. The quantitative estimate of drug-likeness (QED) is 0.130. The Morgan fingerprint density at radius 3 is 1.58 bits per heavy atom. The van der Waals surface area contributed by atoms with Crippen molar-refractivity contribution >= 4 is 46.9 Å². The molecule has 0 N–H and O–H groups in total. The summed E-state index contributed by atoms with van der Waals surface area (Å²) >= 11 is 0. The van der Waals surface area contributed by atoms with Crippen molar-refractivity contribution in [2.45, 2.75) is 34.1 Å². The van der Waals surface area contributed by atoms with Crippen LogP contribution in [-0.2, 0) is 0 Å². The summed E-state index contributed by atoms with van der Waals surface area (Å²) in [7, 11) is 0. The Morgan fingerprint density at radius 2 is 1.04 bits per heavy atom. The number of hydrogen-bond acceptors (Lipinski definition) is 1. The van der Waals surface area contributed by atoms with Crippen molar-refractivity contribution in [1.29, 1.82) is 0 Å². The van der Waals surface area contributed by atoms with E-state index in [4.69, 9.17) is 0 Å². The molecule has 1 aliphatic carbocycles. The fourth-order valence-electron chi connectivity index (χ4n) is 6.91. The highest BCUT2D eigenvalue weighted by atomic mass is 15.1. The van der Waals surface area contributed by atoms with Gasteiger partial charge in [0.1, 0.15) is 0 Å². The first-order valence-corrected chi connectivity index (χ1v) is 18.6. The second kappa shape index (κ2) is 16.4. The Hall–Kier alpha value is -6.18. The van der Waals surface area contributed by atoms with Crippen molar-refractivity contribution in [2.24, 2.45) is 5.92 Å². The van der Waals surface area contributed by atoms with E-state index in [0.29, 0.717) is 5.92 Å². The lowest BCUT2D eigenvalue weighted by atomic mass is 9.88. The number of hydrogen-bond donors (Lipinski definition) is 0. The van der Waals surface area contributed by atoms with E-state index in [9.17, 15) is 0 Å². The molecule has 1 unspecified atom stereocenters. The van der Waals surface area contributed by atoms with Crippen LogP contribution in [0.25, 0.3) is 29.9 Å². The van der Waals surface area contributed by atoms with E-state index >= 15 is 0 Å². The van der Waals surface area contributed by atoms with Gasteiger partial charge in [0, 0.05) is 17.1 Å². The molecule has 7 rings (SSSR count). The van der Waals surface area contributed by atoms with Gasteiger partial charge in [0.05, 0.1) is 0 Å². The smallest absolute Gasteiger partial charge is 0.0464 e. The summed E-state index contributed by atoms with van der Waals surface area (Å²) in [5, 5.41) is 0. The molecule has 0 radical (unpaired) electrons. The third kappa shape index (κ3) is 9.19. The highest BCUT2D eigenvalue weighted by molar-refractivity contribution is 5.93. The van der Waals surface area contributed by atoms with Gasteiger partial charge in [-0.15, -0.1) is 0 Å². The summed E-state index contributed by atoms with van der Waals surface area (Å²) in [4.78, 5) is 2.32. The van der Waals surface area contributed by atoms with Crippen molar-refractivity contribution in [3.05, 3.63) is 226 Å². The summed E-state index contributed by atoms with van der Waals surface area (Å²) in [6, 6.07) is 52.5. The molecule has 1 atom stereocenters. The van der Waals surface area contributed by atoms with Crippen LogP contribution in [0.3, 0.4) is 0 Å². The maximum absolute atomic E-state index is 2.39. The molecule has 0 saturated carbocycles. The second-order valence-corrected chi connectivity index (χ2v) is 14.2. The Labute approximate surface area is 316 Å². The molecule has 260 valence electrons. The SMILES string of the molecule is Cc1cccc(C=C(C2=CCC(C=Cc3ccc(C=Cc4ccc(N(c5cccc(C)c5)c5cccc(C)c5)cc4)cc3)C=C2)c2cccc(C)c2)c1. The highest BCUT2D eigenvalue weighted by Crippen LogP contribution is 2.36. The van der Waals surface area contributed by atoms with Crippen LogP contribution in [0.15, 0.2) is 175 Å². The molecular weight excluding hydrogens is 639 g/mol. The van der Waals surface area contributed by atoms with Gasteiger partial charge in [-0.3, -0.25) is 0 Å². The van der Waals surface area contributed by atoms with E-state index in [1.165, 1.54) is 61.2 Å². The minimum Gasteiger partial charge on any atom is -0.310 e. The Morgan fingerprint density at radius 1 is 0.509 bits per heavy atom.